The number of anilines is 1. The second-order valence-electron chi connectivity index (χ2n) is 6.98. The summed E-state index contributed by atoms with van der Waals surface area (Å²) < 4.78 is 22.5. The maximum absolute atomic E-state index is 13.7. The maximum Gasteiger partial charge on any atom is 0.334 e. The van der Waals surface area contributed by atoms with Gasteiger partial charge in [0.15, 0.2) is 12.6 Å². The molecule has 1 aromatic rings. The lowest BCUT2D eigenvalue weighted by Crippen LogP contribution is -2.50. The van der Waals surface area contributed by atoms with Crippen molar-refractivity contribution in [2.75, 3.05) is 39.8 Å². The van der Waals surface area contributed by atoms with Gasteiger partial charge in [-0.1, -0.05) is 24.3 Å². The van der Waals surface area contributed by atoms with Crippen molar-refractivity contribution in [3.8, 4) is 0 Å². The number of allylic oxidation sites excluding steroid dienone is 1. The first-order chi connectivity index (χ1) is 14.9. The number of esters is 1. The van der Waals surface area contributed by atoms with E-state index in [0.717, 1.165) is 0 Å². The second kappa shape index (κ2) is 10.1. The van der Waals surface area contributed by atoms with Crippen LogP contribution in [0.4, 0.5) is 5.69 Å². The summed E-state index contributed by atoms with van der Waals surface area (Å²) in [4.78, 5) is 31.8. The number of para-hydroxylation sites is 1. The second-order valence-corrected chi connectivity index (χ2v) is 7.84. The van der Waals surface area contributed by atoms with Crippen molar-refractivity contribution in [3.05, 3.63) is 52.0 Å². The van der Waals surface area contributed by atoms with Crippen LogP contribution in [0, 0.1) is 11.8 Å². The lowest BCUT2D eigenvalue weighted by molar-refractivity contribution is -0.245. The quantitative estimate of drug-likeness (QED) is 0.295. The van der Waals surface area contributed by atoms with Crippen molar-refractivity contribution in [1.82, 2.24) is 0 Å². The standard InChI is InChI=1S/C22H26BrNO7/c1-5-30-21(26)15-12-17-14(10-11-16(15)22(17,28-3)29-4)20(25)24(31-13-27-2)19-9-7-6-8-18(19)23/h6-10,12,16-17H,5,11,13H2,1-4H3/t16-,17-/m1/s1. The zero-order chi connectivity index (χ0) is 22.6. The summed E-state index contributed by atoms with van der Waals surface area (Å²) in [6, 6.07) is 7.19. The fraction of sp³-hybridized carbons (Fsp3) is 0.455. The van der Waals surface area contributed by atoms with E-state index in [4.69, 9.17) is 23.8 Å². The molecular weight excluding hydrogens is 470 g/mol. The summed E-state index contributed by atoms with van der Waals surface area (Å²) in [6.45, 7) is 1.87. The predicted octanol–water partition coefficient (Wildman–Crippen LogP) is 3.37. The Morgan fingerprint density at radius 1 is 1.16 bits per heavy atom. The molecule has 2 bridgehead atoms. The van der Waals surface area contributed by atoms with Gasteiger partial charge in [-0.15, -0.1) is 0 Å². The van der Waals surface area contributed by atoms with Gasteiger partial charge >= 0.3 is 5.97 Å². The molecule has 2 aliphatic carbocycles. The number of benzene rings is 1. The molecule has 0 heterocycles. The predicted molar refractivity (Wildman–Crippen MR) is 116 cm³/mol. The molecule has 1 amide bonds. The van der Waals surface area contributed by atoms with Crippen LogP contribution in [0.25, 0.3) is 0 Å². The molecule has 0 aliphatic heterocycles. The van der Waals surface area contributed by atoms with Gasteiger partial charge < -0.3 is 18.9 Å². The smallest absolute Gasteiger partial charge is 0.334 e. The maximum atomic E-state index is 13.7. The third-order valence-corrected chi connectivity index (χ3v) is 6.17. The van der Waals surface area contributed by atoms with E-state index in [1.165, 1.54) is 26.4 Å². The zero-order valence-corrected chi connectivity index (χ0v) is 19.5. The van der Waals surface area contributed by atoms with Crippen LogP contribution >= 0.6 is 15.9 Å². The minimum Gasteiger partial charge on any atom is -0.463 e. The minimum absolute atomic E-state index is 0.128. The third-order valence-electron chi connectivity index (χ3n) is 5.50. The van der Waals surface area contributed by atoms with Crippen LogP contribution in [0.2, 0.25) is 0 Å². The Morgan fingerprint density at radius 3 is 2.48 bits per heavy atom. The summed E-state index contributed by atoms with van der Waals surface area (Å²) >= 11 is 3.46. The Bertz CT molecular complexity index is 894. The molecule has 0 saturated heterocycles. The van der Waals surface area contributed by atoms with E-state index in [2.05, 4.69) is 15.9 Å². The topological polar surface area (TPSA) is 83.5 Å². The van der Waals surface area contributed by atoms with Crippen molar-refractivity contribution in [1.29, 1.82) is 0 Å². The average Bonchev–Trinajstić information content (AvgIpc) is 2.96. The van der Waals surface area contributed by atoms with Gasteiger partial charge in [0, 0.05) is 42.9 Å². The number of halogens is 1. The highest BCUT2D eigenvalue weighted by Crippen LogP contribution is 2.52. The van der Waals surface area contributed by atoms with Gasteiger partial charge in [-0.25, -0.2) is 9.63 Å². The van der Waals surface area contributed by atoms with Crippen molar-refractivity contribution in [2.45, 2.75) is 19.1 Å². The summed E-state index contributed by atoms with van der Waals surface area (Å²) in [5.74, 6) is -3.05. The van der Waals surface area contributed by atoms with Crippen LogP contribution in [0.1, 0.15) is 13.3 Å². The van der Waals surface area contributed by atoms with Gasteiger partial charge in [-0.2, -0.15) is 5.06 Å². The normalized spacial score (nSPS) is 21.3. The van der Waals surface area contributed by atoms with E-state index in [9.17, 15) is 9.59 Å². The number of ether oxygens (including phenoxy) is 4. The molecular formula is C22H26BrNO7. The molecule has 9 heteroatoms. The highest BCUT2D eigenvalue weighted by molar-refractivity contribution is 9.10. The highest BCUT2D eigenvalue weighted by atomic mass is 79.9. The van der Waals surface area contributed by atoms with E-state index >= 15 is 0 Å². The molecule has 168 valence electrons. The number of nitrogens with zero attached hydrogens (tertiary/aromatic N) is 1. The number of rotatable bonds is 9. The number of carbonyl (C=O) groups excluding carboxylic acids is 2. The van der Waals surface area contributed by atoms with Crippen molar-refractivity contribution in [2.24, 2.45) is 11.8 Å². The minimum atomic E-state index is -1.19. The van der Waals surface area contributed by atoms with Crippen LogP contribution in [-0.2, 0) is 33.4 Å². The first-order valence-electron chi connectivity index (χ1n) is 9.85. The molecule has 0 radical (unpaired) electrons. The van der Waals surface area contributed by atoms with E-state index < -0.39 is 23.6 Å². The van der Waals surface area contributed by atoms with Crippen molar-refractivity contribution in [3.63, 3.8) is 0 Å². The van der Waals surface area contributed by atoms with Gasteiger partial charge in [0.25, 0.3) is 5.91 Å². The summed E-state index contributed by atoms with van der Waals surface area (Å²) in [5, 5.41) is 1.17. The molecule has 0 spiro atoms. The van der Waals surface area contributed by atoms with E-state index in [-0.39, 0.29) is 19.3 Å². The molecule has 2 aliphatic rings. The Hall–Kier alpha value is -2.04. The number of carbonyl (C=O) groups is 2. The largest absolute Gasteiger partial charge is 0.463 e. The fourth-order valence-electron chi connectivity index (χ4n) is 4.16. The number of fused-ring (bicyclic) bond motifs is 2. The van der Waals surface area contributed by atoms with Crippen LogP contribution in [0.15, 0.2) is 52.0 Å². The van der Waals surface area contributed by atoms with E-state index in [0.29, 0.717) is 27.7 Å². The molecule has 1 aromatic carbocycles. The van der Waals surface area contributed by atoms with Gasteiger partial charge in [0.2, 0.25) is 0 Å². The molecule has 3 rings (SSSR count). The number of amides is 1. The Morgan fingerprint density at radius 2 is 1.87 bits per heavy atom. The monoisotopic (exact) mass is 495 g/mol. The number of hydrogen-bond donors (Lipinski definition) is 0. The van der Waals surface area contributed by atoms with Crippen LogP contribution in [0.5, 0.6) is 0 Å². The van der Waals surface area contributed by atoms with Gasteiger partial charge in [0.1, 0.15) is 0 Å². The first kappa shape index (κ1) is 23.6. The summed E-state index contributed by atoms with van der Waals surface area (Å²) in [5.41, 5.74) is 1.35. The van der Waals surface area contributed by atoms with E-state index in [1.807, 2.05) is 6.07 Å². The van der Waals surface area contributed by atoms with Crippen molar-refractivity contribution < 1.29 is 33.4 Å². The molecule has 0 unspecified atom stereocenters. The highest BCUT2D eigenvalue weighted by Gasteiger charge is 2.58. The summed E-state index contributed by atoms with van der Waals surface area (Å²) in [7, 11) is 4.48. The van der Waals surface area contributed by atoms with Crippen molar-refractivity contribution >= 4 is 33.5 Å². The van der Waals surface area contributed by atoms with Crippen LogP contribution in [0.3, 0.4) is 0 Å². The SMILES string of the molecule is CCOC(=O)C1=C[C@@H]2C(C(=O)N(OCOC)c3ccccc3Br)=CC[C@H]1C2(OC)OC. The van der Waals surface area contributed by atoms with Crippen LogP contribution < -0.4 is 5.06 Å². The lowest BCUT2D eigenvalue weighted by Gasteiger charge is -2.42. The Labute approximate surface area is 189 Å². The molecule has 0 fully saturated rings. The number of methoxy groups -OCH3 is 3. The molecule has 31 heavy (non-hydrogen) atoms. The third kappa shape index (κ3) is 4.20. The fourth-order valence-corrected chi connectivity index (χ4v) is 4.60. The summed E-state index contributed by atoms with van der Waals surface area (Å²) in [6.07, 6.45) is 3.88. The Kier molecular flexibility index (Phi) is 7.66. The molecule has 2 atom stereocenters. The Balaban J connectivity index is 2.02. The number of hydrogen-bond acceptors (Lipinski definition) is 7. The number of hydroxylamine groups is 1. The van der Waals surface area contributed by atoms with Gasteiger partial charge in [-0.3, -0.25) is 4.79 Å². The van der Waals surface area contributed by atoms with E-state index in [1.54, 1.807) is 37.3 Å². The van der Waals surface area contributed by atoms with Crippen LogP contribution in [-0.4, -0.2) is 52.4 Å². The van der Waals surface area contributed by atoms with Gasteiger partial charge in [0.05, 0.1) is 18.2 Å². The average molecular weight is 496 g/mol. The molecule has 0 aromatic heterocycles. The lowest BCUT2D eigenvalue weighted by atomic mass is 9.79. The zero-order valence-electron chi connectivity index (χ0n) is 17.9. The molecule has 0 saturated carbocycles. The molecule has 8 nitrogen and oxygen atoms in total. The first-order valence-corrected chi connectivity index (χ1v) is 10.6. The van der Waals surface area contributed by atoms with Gasteiger partial charge in [-0.05, 0) is 41.4 Å². The molecule has 0 N–H and O–H groups in total.